The van der Waals surface area contributed by atoms with Crippen molar-refractivity contribution in [3.05, 3.63) is 23.8 Å². The first kappa shape index (κ1) is 12.6. The van der Waals surface area contributed by atoms with E-state index in [1.165, 1.54) is 0 Å². The molecule has 0 aromatic heterocycles. The van der Waals surface area contributed by atoms with E-state index in [4.69, 9.17) is 4.74 Å². The Hall–Kier alpha value is -1.38. The molecule has 0 radical (unpaired) electrons. The topological polar surface area (TPSA) is 43.4 Å². The van der Waals surface area contributed by atoms with Gasteiger partial charge in [-0.15, -0.1) is 0 Å². The third-order valence-corrected chi connectivity index (χ3v) is 4.29. The molecule has 19 heavy (non-hydrogen) atoms. The summed E-state index contributed by atoms with van der Waals surface area (Å²) in [5.74, 6) is 1.22. The van der Waals surface area contributed by atoms with Crippen LogP contribution in [0.4, 0.5) is 0 Å². The number of fused-ring (bicyclic) bond motifs is 5. The Balaban J connectivity index is 1.69. The smallest absolute Gasteiger partial charge is 0.310 e. The zero-order valence-corrected chi connectivity index (χ0v) is 11.7. The zero-order chi connectivity index (χ0) is 13.8. The van der Waals surface area contributed by atoms with Gasteiger partial charge in [0.25, 0.3) is 0 Å². The molecular weight excluding hydrogens is 240 g/mol. The lowest BCUT2D eigenvalue weighted by atomic mass is 9.85. The van der Waals surface area contributed by atoms with Crippen molar-refractivity contribution in [3.8, 4) is 0 Å². The predicted octanol–water partition coefficient (Wildman–Crippen LogP) is 2.67. The van der Waals surface area contributed by atoms with Crippen LogP contribution < -0.4 is 0 Å². The van der Waals surface area contributed by atoms with E-state index in [1.54, 1.807) is 0 Å². The number of carbonyl (C=O) groups excluding carboxylic acids is 2. The molecule has 0 heterocycles. The Morgan fingerprint density at radius 3 is 2.63 bits per heavy atom. The zero-order valence-electron chi connectivity index (χ0n) is 11.7. The highest BCUT2D eigenvalue weighted by Gasteiger charge is 2.51. The van der Waals surface area contributed by atoms with Crippen molar-refractivity contribution < 1.29 is 14.3 Å². The van der Waals surface area contributed by atoms with E-state index in [0.29, 0.717) is 23.3 Å². The molecule has 102 valence electrons. The fourth-order valence-electron chi connectivity index (χ4n) is 3.66. The number of Topliss-reactive ketones (excluding diaryl/α,β-unsaturated/α-hetero) is 1. The standard InChI is InChI=1S/C16H20O3/c1-16(2,3)19-13(17)8-11-7-12-9-4-5-10(6-9)14(12)15(11)18/h4-5,7,9-10,12,14H,6,8H2,1-3H3/t9-,10+,12+,14-/m1/s1. The molecule has 3 nitrogen and oxygen atoms in total. The Labute approximate surface area is 113 Å². The van der Waals surface area contributed by atoms with Crippen LogP contribution in [0.3, 0.4) is 0 Å². The van der Waals surface area contributed by atoms with Crippen molar-refractivity contribution >= 4 is 11.8 Å². The summed E-state index contributed by atoms with van der Waals surface area (Å²) in [4.78, 5) is 24.2. The van der Waals surface area contributed by atoms with Gasteiger partial charge in [-0.2, -0.15) is 0 Å². The Bertz CT molecular complexity index is 493. The number of rotatable bonds is 2. The van der Waals surface area contributed by atoms with Crippen LogP contribution in [0.15, 0.2) is 23.8 Å². The van der Waals surface area contributed by atoms with Gasteiger partial charge in [-0.05, 0) is 44.9 Å². The van der Waals surface area contributed by atoms with Gasteiger partial charge in [-0.1, -0.05) is 18.2 Å². The summed E-state index contributed by atoms with van der Waals surface area (Å²) in [5.41, 5.74) is 0.179. The van der Waals surface area contributed by atoms with Crippen LogP contribution in [-0.4, -0.2) is 17.4 Å². The van der Waals surface area contributed by atoms with Crippen LogP contribution in [0, 0.1) is 23.7 Å². The first-order valence-electron chi connectivity index (χ1n) is 7.00. The van der Waals surface area contributed by atoms with E-state index >= 15 is 0 Å². The van der Waals surface area contributed by atoms with Gasteiger partial charge >= 0.3 is 5.97 Å². The summed E-state index contributed by atoms with van der Waals surface area (Å²) in [6, 6.07) is 0. The number of allylic oxidation sites excluding steroid dienone is 3. The quantitative estimate of drug-likeness (QED) is 0.566. The largest absolute Gasteiger partial charge is 0.460 e. The molecule has 0 N–H and O–H groups in total. The van der Waals surface area contributed by atoms with Crippen molar-refractivity contribution in [1.82, 2.24) is 0 Å². The van der Waals surface area contributed by atoms with Gasteiger partial charge in [0, 0.05) is 11.5 Å². The third-order valence-electron chi connectivity index (χ3n) is 4.29. The molecule has 0 amide bonds. The number of ketones is 1. The molecule has 3 rings (SSSR count). The van der Waals surface area contributed by atoms with E-state index in [0.717, 1.165) is 6.42 Å². The van der Waals surface area contributed by atoms with E-state index in [-0.39, 0.29) is 24.1 Å². The lowest BCUT2D eigenvalue weighted by Gasteiger charge is -2.20. The van der Waals surface area contributed by atoms with Crippen molar-refractivity contribution in [2.24, 2.45) is 23.7 Å². The summed E-state index contributed by atoms with van der Waals surface area (Å²) in [7, 11) is 0. The predicted molar refractivity (Wildman–Crippen MR) is 71.3 cm³/mol. The molecule has 3 aliphatic carbocycles. The highest BCUT2D eigenvalue weighted by atomic mass is 16.6. The average Bonchev–Trinajstić information content (AvgIpc) is 2.90. The monoisotopic (exact) mass is 260 g/mol. The van der Waals surface area contributed by atoms with Gasteiger partial charge < -0.3 is 4.74 Å². The number of carbonyl (C=O) groups is 2. The van der Waals surface area contributed by atoms with Crippen LogP contribution in [0.25, 0.3) is 0 Å². The lowest BCUT2D eigenvalue weighted by Crippen LogP contribution is -2.25. The fraction of sp³-hybridized carbons (Fsp3) is 0.625. The Morgan fingerprint density at radius 1 is 1.32 bits per heavy atom. The van der Waals surface area contributed by atoms with Gasteiger partial charge in [0.05, 0.1) is 6.42 Å². The molecule has 0 aromatic carbocycles. The van der Waals surface area contributed by atoms with Crippen molar-refractivity contribution in [3.63, 3.8) is 0 Å². The minimum absolute atomic E-state index is 0.104. The first-order valence-corrected chi connectivity index (χ1v) is 7.00. The first-order chi connectivity index (χ1) is 8.85. The second-order valence-corrected chi connectivity index (χ2v) is 6.87. The molecule has 0 aromatic rings. The molecule has 1 saturated carbocycles. The second kappa shape index (κ2) is 4.06. The van der Waals surface area contributed by atoms with Gasteiger partial charge in [0.15, 0.2) is 5.78 Å². The molecule has 0 aliphatic heterocycles. The van der Waals surface area contributed by atoms with Crippen LogP contribution in [0.1, 0.15) is 33.6 Å². The fourth-order valence-corrected chi connectivity index (χ4v) is 3.66. The van der Waals surface area contributed by atoms with Crippen molar-refractivity contribution in [2.75, 3.05) is 0 Å². The number of esters is 1. The highest BCUT2D eigenvalue weighted by molar-refractivity contribution is 6.04. The molecular formula is C16H20O3. The van der Waals surface area contributed by atoms with Gasteiger partial charge in [0.1, 0.15) is 5.60 Å². The summed E-state index contributed by atoms with van der Waals surface area (Å²) >= 11 is 0. The molecule has 2 bridgehead atoms. The molecule has 3 heteroatoms. The maximum absolute atomic E-state index is 12.4. The summed E-state index contributed by atoms with van der Waals surface area (Å²) in [6.45, 7) is 5.53. The van der Waals surface area contributed by atoms with Crippen LogP contribution in [0.2, 0.25) is 0 Å². The van der Waals surface area contributed by atoms with Gasteiger partial charge in [-0.25, -0.2) is 0 Å². The van der Waals surface area contributed by atoms with Gasteiger partial charge in [0.2, 0.25) is 0 Å². The normalized spacial score (nSPS) is 35.5. The Kier molecular flexibility index (Phi) is 2.70. The van der Waals surface area contributed by atoms with E-state index in [1.807, 2.05) is 26.8 Å². The van der Waals surface area contributed by atoms with Crippen LogP contribution in [0.5, 0.6) is 0 Å². The van der Waals surface area contributed by atoms with Crippen LogP contribution in [-0.2, 0) is 14.3 Å². The van der Waals surface area contributed by atoms with Gasteiger partial charge in [-0.3, -0.25) is 9.59 Å². The van der Waals surface area contributed by atoms with Crippen molar-refractivity contribution in [1.29, 1.82) is 0 Å². The van der Waals surface area contributed by atoms with Crippen LogP contribution >= 0.6 is 0 Å². The molecule has 3 aliphatic rings. The SMILES string of the molecule is CC(C)(C)OC(=O)CC1=C[C@@H]2[C@H](C1=O)[C@H]1C=C[C@@H]2C1. The molecule has 0 unspecified atom stereocenters. The third kappa shape index (κ3) is 2.15. The molecule has 0 saturated heterocycles. The maximum Gasteiger partial charge on any atom is 0.310 e. The van der Waals surface area contributed by atoms with E-state index in [2.05, 4.69) is 12.2 Å². The van der Waals surface area contributed by atoms with E-state index in [9.17, 15) is 9.59 Å². The summed E-state index contributed by atoms with van der Waals surface area (Å²) < 4.78 is 5.29. The summed E-state index contributed by atoms with van der Waals surface area (Å²) in [6.07, 6.45) is 7.67. The molecule has 1 fully saturated rings. The minimum Gasteiger partial charge on any atom is -0.460 e. The molecule has 0 spiro atoms. The summed E-state index contributed by atoms with van der Waals surface area (Å²) in [5, 5.41) is 0. The second-order valence-electron chi connectivity index (χ2n) is 6.87. The number of ether oxygens (including phenoxy) is 1. The maximum atomic E-state index is 12.4. The Morgan fingerprint density at radius 2 is 2.00 bits per heavy atom. The van der Waals surface area contributed by atoms with E-state index < -0.39 is 5.60 Å². The average molecular weight is 260 g/mol. The highest BCUT2D eigenvalue weighted by Crippen LogP contribution is 2.53. The lowest BCUT2D eigenvalue weighted by molar-refractivity contribution is -0.154. The number of hydrogen-bond acceptors (Lipinski definition) is 3. The number of hydrogen-bond donors (Lipinski definition) is 0. The molecule has 4 atom stereocenters. The van der Waals surface area contributed by atoms with Crippen molar-refractivity contribution in [2.45, 2.75) is 39.2 Å². The minimum atomic E-state index is -0.490.